The van der Waals surface area contributed by atoms with Crippen LogP contribution in [0.3, 0.4) is 0 Å². The number of nitrogens with one attached hydrogen (secondary N) is 1. The first-order valence-electron chi connectivity index (χ1n) is 5.04. The van der Waals surface area contributed by atoms with Crippen LogP contribution in [0.4, 0.5) is 0 Å². The summed E-state index contributed by atoms with van der Waals surface area (Å²) in [5.74, 6) is 0. The van der Waals surface area contributed by atoms with Gasteiger partial charge in [0.1, 0.15) is 0 Å². The smallest absolute Gasteiger partial charge is 0.00387 e. The molecular formula is C10H23N. The Morgan fingerprint density at radius 2 is 1.73 bits per heavy atom. The molecule has 1 atom stereocenters. The van der Waals surface area contributed by atoms with Gasteiger partial charge in [-0.25, -0.2) is 0 Å². The molecule has 0 aliphatic rings. The second kappa shape index (κ2) is 8.06. The second-order valence-electron chi connectivity index (χ2n) is 3.35. The summed E-state index contributed by atoms with van der Waals surface area (Å²) in [4.78, 5) is 0. The van der Waals surface area contributed by atoms with Gasteiger partial charge in [-0.3, -0.25) is 0 Å². The molecule has 1 nitrogen and oxygen atoms in total. The molecule has 0 spiro atoms. The summed E-state index contributed by atoms with van der Waals surface area (Å²) in [5, 5.41) is 3.52. The summed E-state index contributed by atoms with van der Waals surface area (Å²) in [7, 11) is 0. The third kappa shape index (κ3) is 7.86. The molecule has 0 heterocycles. The van der Waals surface area contributed by atoms with Gasteiger partial charge in [0.05, 0.1) is 0 Å². The van der Waals surface area contributed by atoms with Crippen LogP contribution < -0.4 is 5.32 Å². The van der Waals surface area contributed by atoms with Crippen LogP contribution in [0.1, 0.15) is 52.9 Å². The van der Waals surface area contributed by atoms with E-state index in [4.69, 9.17) is 0 Å². The van der Waals surface area contributed by atoms with Crippen molar-refractivity contribution in [1.29, 1.82) is 0 Å². The zero-order valence-corrected chi connectivity index (χ0v) is 8.32. The molecule has 0 unspecified atom stereocenters. The normalized spacial score (nSPS) is 13.4. The summed E-state index contributed by atoms with van der Waals surface area (Å²) in [5.41, 5.74) is 0. The highest BCUT2D eigenvalue weighted by molar-refractivity contribution is 4.59. The molecule has 0 saturated carbocycles. The lowest BCUT2D eigenvalue weighted by Crippen LogP contribution is -2.26. The molecule has 68 valence electrons. The third-order valence-corrected chi connectivity index (χ3v) is 2.01. The largest absolute Gasteiger partial charge is 0.314 e. The Balaban J connectivity index is 3.02. The average Bonchev–Trinajstić information content (AvgIpc) is 2.01. The van der Waals surface area contributed by atoms with Crippen molar-refractivity contribution in [2.75, 3.05) is 6.54 Å². The van der Waals surface area contributed by atoms with Gasteiger partial charge < -0.3 is 5.32 Å². The molecule has 0 amide bonds. The Morgan fingerprint density at radius 3 is 2.27 bits per heavy atom. The number of hydrogen-bond acceptors (Lipinski definition) is 1. The Morgan fingerprint density at radius 1 is 1.09 bits per heavy atom. The maximum atomic E-state index is 3.52. The molecule has 0 fully saturated rings. The van der Waals surface area contributed by atoms with Gasteiger partial charge in [-0.1, -0.05) is 33.1 Å². The van der Waals surface area contributed by atoms with Crippen molar-refractivity contribution in [3.8, 4) is 0 Å². The quantitative estimate of drug-likeness (QED) is 0.560. The van der Waals surface area contributed by atoms with E-state index in [1.54, 1.807) is 0 Å². The van der Waals surface area contributed by atoms with Gasteiger partial charge in [0.25, 0.3) is 0 Å². The molecule has 1 N–H and O–H groups in total. The number of rotatable bonds is 7. The summed E-state index contributed by atoms with van der Waals surface area (Å²) in [6.07, 6.45) is 6.63. The second-order valence-corrected chi connectivity index (χ2v) is 3.35. The molecule has 0 aliphatic heterocycles. The van der Waals surface area contributed by atoms with E-state index in [9.17, 15) is 0 Å². The van der Waals surface area contributed by atoms with E-state index >= 15 is 0 Å². The molecule has 11 heavy (non-hydrogen) atoms. The van der Waals surface area contributed by atoms with Crippen molar-refractivity contribution >= 4 is 0 Å². The van der Waals surface area contributed by atoms with Gasteiger partial charge in [-0.2, -0.15) is 0 Å². The van der Waals surface area contributed by atoms with Gasteiger partial charge in [0.15, 0.2) is 0 Å². The number of unbranched alkanes of at least 4 members (excludes halogenated alkanes) is 2. The zero-order chi connectivity index (χ0) is 8.53. The highest BCUT2D eigenvalue weighted by Crippen LogP contribution is 1.99. The Hall–Kier alpha value is -0.0400. The van der Waals surface area contributed by atoms with Gasteiger partial charge in [-0.15, -0.1) is 0 Å². The fourth-order valence-electron chi connectivity index (χ4n) is 1.14. The average molecular weight is 157 g/mol. The van der Waals surface area contributed by atoms with E-state index in [0.29, 0.717) is 0 Å². The minimum absolute atomic E-state index is 0.724. The predicted molar refractivity (Wildman–Crippen MR) is 51.9 cm³/mol. The van der Waals surface area contributed by atoms with Crippen molar-refractivity contribution < 1.29 is 0 Å². The minimum atomic E-state index is 0.724. The van der Waals surface area contributed by atoms with E-state index in [0.717, 1.165) is 6.04 Å². The minimum Gasteiger partial charge on any atom is -0.314 e. The van der Waals surface area contributed by atoms with Crippen molar-refractivity contribution in [2.24, 2.45) is 0 Å². The van der Waals surface area contributed by atoms with Crippen LogP contribution in [0, 0.1) is 0 Å². The molecule has 0 bridgehead atoms. The first-order chi connectivity index (χ1) is 5.31. The van der Waals surface area contributed by atoms with Crippen molar-refractivity contribution in [3.63, 3.8) is 0 Å². The highest BCUT2D eigenvalue weighted by Gasteiger charge is 1.97. The van der Waals surface area contributed by atoms with Crippen LogP contribution in [0.15, 0.2) is 0 Å². The fraction of sp³-hybridized carbons (Fsp3) is 1.00. The lowest BCUT2D eigenvalue weighted by Gasteiger charge is -2.12. The van der Waals surface area contributed by atoms with E-state index in [-0.39, 0.29) is 0 Å². The van der Waals surface area contributed by atoms with Crippen LogP contribution in [-0.2, 0) is 0 Å². The van der Waals surface area contributed by atoms with E-state index < -0.39 is 0 Å². The highest BCUT2D eigenvalue weighted by atomic mass is 14.9. The van der Waals surface area contributed by atoms with Gasteiger partial charge in [-0.05, 0) is 26.3 Å². The van der Waals surface area contributed by atoms with Crippen molar-refractivity contribution in [3.05, 3.63) is 0 Å². The summed E-state index contributed by atoms with van der Waals surface area (Å²) >= 11 is 0. The molecular weight excluding hydrogens is 134 g/mol. The lowest BCUT2D eigenvalue weighted by atomic mass is 10.1. The first-order valence-corrected chi connectivity index (χ1v) is 5.04. The predicted octanol–water partition coefficient (Wildman–Crippen LogP) is 2.95. The van der Waals surface area contributed by atoms with Crippen LogP contribution in [0.25, 0.3) is 0 Å². The van der Waals surface area contributed by atoms with E-state index in [1.165, 1.54) is 38.6 Å². The first kappa shape index (κ1) is 11.0. The molecule has 0 rings (SSSR count). The van der Waals surface area contributed by atoms with Crippen LogP contribution in [-0.4, -0.2) is 12.6 Å². The summed E-state index contributed by atoms with van der Waals surface area (Å²) in [6, 6.07) is 0.724. The van der Waals surface area contributed by atoms with E-state index in [1.807, 2.05) is 0 Å². The van der Waals surface area contributed by atoms with Gasteiger partial charge in [0.2, 0.25) is 0 Å². The van der Waals surface area contributed by atoms with Crippen LogP contribution in [0.2, 0.25) is 0 Å². The third-order valence-electron chi connectivity index (χ3n) is 2.01. The standard InChI is InChI=1S/C10H23N/c1-4-6-8-10(3)11-9-7-5-2/h10-11H,4-9H2,1-3H3/t10-/m0/s1. The molecule has 0 aromatic rings. The molecule has 0 radical (unpaired) electrons. The van der Waals surface area contributed by atoms with Crippen molar-refractivity contribution in [2.45, 2.75) is 58.9 Å². The Kier molecular flexibility index (Phi) is 8.03. The lowest BCUT2D eigenvalue weighted by molar-refractivity contribution is 0.488. The summed E-state index contributed by atoms with van der Waals surface area (Å²) in [6.45, 7) is 7.96. The number of hydrogen-bond donors (Lipinski definition) is 1. The topological polar surface area (TPSA) is 12.0 Å². The van der Waals surface area contributed by atoms with Crippen molar-refractivity contribution in [1.82, 2.24) is 5.32 Å². The summed E-state index contributed by atoms with van der Waals surface area (Å²) < 4.78 is 0. The maximum Gasteiger partial charge on any atom is 0.00387 e. The monoisotopic (exact) mass is 157 g/mol. The van der Waals surface area contributed by atoms with Gasteiger partial charge in [0, 0.05) is 6.04 Å². The Labute approximate surface area is 71.6 Å². The Bertz CT molecular complexity index is 71.3. The zero-order valence-electron chi connectivity index (χ0n) is 8.32. The van der Waals surface area contributed by atoms with E-state index in [2.05, 4.69) is 26.1 Å². The molecule has 0 aromatic carbocycles. The fourth-order valence-corrected chi connectivity index (χ4v) is 1.14. The molecule has 0 saturated heterocycles. The SMILES string of the molecule is CCCCN[C@@H](C)CCCC. The maximum absolute atomic E-state index is 3.52. The molecule has 0 aliphatic carbocycles. The molecule has 0 aromatic heterocycles. The molecule has 1 heteroatoms. The van der Waals surface area contributed by atoms with Crippen LogP contribution >= 0.6 is 0 Å². The van der Waals surface area contributed by atoms with Gasteiger partial charge >= 0.3 is 0 Å². The van der Waals surface area contributed by atoms with Crippen LogP contribution in [0.5, 0.6) is 0 Å².